The second-order valence-corrected chi connectivity index (χ2v) is 5.16. The lowest BCUT2D eigenvalue weighted by molar-refractivity contribution is 0.269. The first-order valence-electron chi connectivity index (χ1n) is 7.18. The third kappa shape index (κ3) is 5.52. The molecule has 3 heteroatoms. The number of nitrogens with one attached hydrogen (secondary N) is 1. The summed E-state index contributed by atoms with van der Waals surface area (Å²) in [6.45, 7) is 9.15. The molecule has 0 saturated heterocycles. The summed E-state index contributed by atoms with van der Waals surface area (Å²) < 4.78 is 11.3. The average molecular weight is 265 g/mol. The fraction of sp³-hybridized carbons (Fsp3) is 0.625. The van der Waals surface area contributed by atoms with Gasteiger partial charge < -0.3 is 14.8 Å². The van der Waals surface area contributed by atoms with Gasteiger partial charge in [-0.1, -0.05) is 32.9 Å². The van der Waals surface area contributed by atoms with Crippen LogP contribution in [0.1, 0.15) is 39.2 Å². The van der Waals surface area contributed by atoms with E-state index < -0.39 is 0 Å². The molecule has 0 saturated carbocycles. The molecule has 0 heterocycles. The highest BCUT2D eigenvalue weighted by molar-refractivity contribution is 5.46. The summed E-state index contributed by atoms with van der Waals surface area (Å²) in [5, 5.41) is 3.41. The molecule has 1 aromatic rings. The fourth-order valence-corrected chi connectivity index (χ4v) is 1.82. The quantitative estimate of drug-likeness (QED) is 0.692. The molecule has 19 heavy (non-hydrogen) atoms. The summed E-state index contributed by atoms with van der Waals surface area (Å²) in [7, 11) is 1.69. The molecule has 0 amide bonds. The molecule has 0 aliphatic rings. The predicted octanol–water partition coefficient (Wildman–Crippen LogP) is 3.62. The predicted molar refractivity (Wildman–Crippen MR) is 79.9 cm³/mol. The van der Waals surface area contributed by atoms with Crippen molar-refractivity contribution >= 4 is 0 Å². The fourth-order valence-electron chi connectivity index (χ4n) is 1.82. The van der Waals surface area contributed by atoms with Crippen molar-refractivity contribution in [2.45, 2.75) is 40.2 Å². The molecule has 1 aromatic carbocycles. The molecular weight excluding hydrogens is 238 g/mol. The number of benzene rings is 1. The van der Waals surface area contributed by atoms with E-state index in [1.165, 1.54) is 0 Å². The van der Waals surface area contributed by atoms with Crippen molar-refractivity contribution < 1.29 is 9.47 Å². The monoisotopic (exact) mass is 265 g/mol. The Hall–Kier alpha value is -1.22. The number of rotatable bonds is 9. The zero-order chi connectivity index (χ0) is 14.1. The van der Waals surface area contributed by atoms with E-state index in [4.69, 9.17) is 9.47 Å². The molecule has 0 atom stereocenters. The molecule has 0 aromatic heterocycles. The maximum Gasteiger partial charge on any atom is 0.165 e. The van der Waals surface area contributed by atoms with Crippen LogP contribution in [0.2, 0.25) is 0 Å². The van der Waals surface area contributed by atoms with Crippen LogP contribution in [0.4, 0.5) is 0 Å². The summed E-state index contributed by atoms with van der Waals surface area (Å²) in [5.41, 5.74) is 1.16. The lowest BCUT2D eigenvalue weighted by atomic mass is 10.1. The van der Waals surface area contributed by atoms with Crippen LogP contribution in [0.15, 0.2) is 18.2 Å². The topological polar surface area (TPSA) is 30.5 Å². The maximum absolute atomic E-state index is 5.94. The van der Waals surface area contributed by atoms with Crippen molar-refractivity contribution in [3.8, 4) is 11.5 Å². The van der Waals surface area contributed by atoms with E-state index in [9.17, 15) is 0 Å². The van der Waals surface area contributed by atoms with Gasteiger partial charge in [0.1, 0.15) is 0 Å². The molecule has 0 unspecified atom stereocenters. The van der Waals surface area contributed by atoms with E-state index in [1.807, 2.05) is 12.1 Å². The number of hydrogen-bond acceptors (Lipinski definition) is 3. The Balaban J connectivity index is 2.71. The van der Waals surface area contributed by atoms with E-state index in [-0.39, 0.29) is 0 Å². The Labute approximate surface area is 117 Å². The summed E-state index contributed by atoms with van der Waals surface area (Å²) in [6, 6.07) is 6.06. The molecule has 1 N–H and O–H groups in total. The average Bonchev–Trinajstić information content (AvgIpc) is 2.40. The van der Waals surface area contributed by atoms with Crippen molar-refractivity contribution in [1.82, 2.24) is 5.32 Å². The largest absolute Gasteiger partial charge is 0.493 e. The van der Waals surface area contributed by atoms with Crippen molar-refractivity contribution in [3.05, 3.63) is 23.8 Å². The Morgan fingerprint density at radius 2 is 2.05 bits per heavy atom. The molecule has 108 valence electrons. The van der Waals surface area contributed by atoms with E-state index in [1.54, 1.807) is 7.11 Å². The number of hydrogen-bond donors (Lipinski definition) is 1. The summed E-state index contributed by atoms with van der Waals surface area (Å²) >= 11 is 0. The third-order valence-electron chi connectivity index (χ3n) is 2.96. The second kappa shape index (κ2) is 8.81. The van der Waals surface area contributed by atoms with Gasteiger partial charge in [0, 0.05) is 12.1 Å². The van der Waals surface area contributed by atoms with Crippen LogP contribution in [0, 0.1) is 5.92 Å². The Morgan fingerprint density at radius 3 is 2.68 bits per heavy atom. The Morgan fingerprint density at radius 1 is 1.26 bits per heavy atom. The first-order valence-corrected chi connectivity index (χ1v) is 7.18. The van der Waals surface area contributed by atoms with Crippen molar-refractivity contribution in [2.24, 2.45) is 5.92 Å². The summed E-state index contributed by atoms with van der Waals surface area (Å²) in [4.78, 5) is 0. The smallest absolute Gasteiger partial charge is 0.165 e. The van der Waals surface area contributed by atoms with Crippen LogP contribution in [0.25, 0.3) is 0 Å². The van der Waals surface area contributed by atoms with Gasteiger partial charge in [0.2, 0.25) is 0 Å². The van der Waals surface area contributed by atoms with Crippen LogP contribution in [0.5, 0.6) is 11.5 Å². The lowest BCUT2D eigenvalue weighted by Crippen LogP contribution is -2.15. The molecule has 3 nitrogen and oxygen atoms in total. The van der Waals surface area contributed by atoms with Gasteiger partial charge in [-0.05, 0) is 31.4 Å². The molecule has 0 radical (unpaired) electrons. The number of methoxy groups -OCH3 is 1. The number of ether oxygens (including phenoxy) is 2. The minimum absolute atomic E-state index is 0.649. The van der Waals surface area contributed by atoms with Crippen molar-refractivity contribution in [2.75, 3.05) is 20.3 Å². The maximum atomic E-state index is 5.94. The third-order valence-corrected chi connectivity index (χ3v) is 2.96. The van der Waals surface area contributed by atoms with Crippen LogP contribution < -0.4 is 14.8 Å². The highest BCUT2D eigenvalue weighted by Gasteiger charge is 2.10. The van der Waals surface area contributed by atoms with E-state index >= 15 is 0 Å². The minimum atomic E-state index is 0.649. The van der Waals surface area contributed by atoms with Crippen molar-refractivity contribution in [3.63, 3.8) is 0 Å². The van der Waals surface area contributed by atoms with Gasteiger partial charge in [-0.15, -0.1) is 0 Å². The van der Waals surface area contributed by atoms with Crippen LogP contribution in [-0.2, 0) is 6.54 Å². The second-order valence-electron chi connectivity index (χ2n) is 5.16. The molecule has 0 spiro atoms. The molecule has 0 bridgehead atoms. The molecular formula is C16H27NO2. The molecule has 1 rings (SSSR count). The van der Waals surface area contributed by atoms with Gasteiger partial charge in [0.25, 0.3) is 0 Å². The van der Waals surface area contributed by atoms with Gasteiger partial charge in [0.15, 0.2) is 11.5 Å². The van der Waals surface area contributed by atoms with Gasteiger partial charge in [-0.3, -0.25) is 0 Å². The van der Waals surface area contributed by atoms with Gasteiger partial charge in [-0.2, -0.15) is 0 Å². The highest BCUT2D eigenvalue weighted by atomic mass is 16.5. The normalized spacial score (nSPS) is 10.8. The first-order chi connectivity index (χ1) is 9.19. The Bertz CT molecular complexity index is 364. The zero-order valence-corrected chi connectivity index (χ0v) is 12.7. The zero-order valence-electron chi connectivity index (χ0n) is 12.7. The Kier molecular flexibility index (Phi) is 7.34. The minimum Gasteiger partial charge on any atom is -0.493 e. The van der Waals surface area contributed by atoms with Gasteiger partial charge in [-0.25, -0.2) is 0 Å². The molecule has 0 aliphatic heterocycles. The van der Waals surface area contributed by atoms with Crippen LogP contribution >= 0.6 is 0 Å². The first kappa shape index (κ1) is 15.8. The van der Waals surface area contributed by atoms with E-state index in [0.29, 0.717) is 5.92 Å². The van der Waals surface area contributed by atoms with Gasteiger partial charge in [0.05, 0.1) is 13.7 Å². The van der Waals surface area contributed by atoms with Gasteiger partial charge >= 0.3 is 0 Å². The SMILES string of the molecule is CCCNCc1cccc(OC)c1OCCC(C)C. The highest BCUT2D eigenvalue weighted by Crippen LogP contribution is 2.31. The summed E-state index contributed by atoms with van der Waals surface area (Å²) in [6.07, 6.45) is 2.19. The van der Waals surface area contributed by atoms with Crippen LogP contribution in [-0.4, -0.2) is 20.3 Å². The van der Waals surface area contributed by atoms with Crippen molar-refractivity contribution in [1.29, 1.82) is 0 Å². The standard InChI is InChI=1S/C16H27NO2/c1-5-10-17-12-14-7-6-8-15(18-4)16(14)19-11-9-13(2)3/h6-8,13,17H,5,9-12H2,1-4H3. The molecule has 0 fully saturated rings. The van der Waals surface area contributed by atoms with E-state index in [0.717, 1.165) is 49.6 Å². The summed E-state index contributed by atoms with van der Waals surface area (Å²) in [5.74, 6) is 2.35. The number of para-hydroxylation sites is 1. The lowest BCUT2D eigenvalue weighted by Gasteiger charge is -2.16. The molecule has 0 aliphatic carbocycles. The van der Waals surface area contributed by atoms with E-state index in [2.05, 4.69) is 32.2 Å². The van der Waals surface area contributed by atoms with Crippen LogP contribution in [0.3, 0.4) is 0 Å².